The second kappa shape index (κ2) is 7.43. The summed E-state index contributed by atoms with van der Waals surface area (Å²) in [7, 11) is 0. The van der Waals surface area contributed by atoms with Gasteiger partial charge in [0.2, 0.25) is 5.91 Å². The first-order chi connectivity index (χ1) is 12.0. The smallest absolute Gasteiger partial charge is 0.272 e. The summed E-state index contributed by atoms with van der Waals surface area (Å²) in [6, 6.07) is 7.70. The molecule has 0 aliphatic carbocycles. The number of carbonyl (C=O) groups is 2. The maximum absolute atomic E-state index is 13.8. The van der Waals surface area contributed by atoms with Crippen molar-refractivity contribution in [2.75, 3.05) is 19.6 Å². The van der Waals surface area contributed by atoms with Gasteiger partial charge in [-0.2, -0.15) is 5.10 Å². The minimum Gasteiger partial charge on any atom is -0.369 e. The lowest BCUT2D eigenvalue weighted by atomic mass is 10.1. The molecule has 0 spiro atoms. The Labute approximate surface area is 144 Å². The zero-order valence-corrected chi connectivity index (χ0v) is 13.7. The summed E-state index contributed by atoms with van der Waals surface area (Å²) in [4.78, 5) is 25.3. The van der Waals surface area contributed by atoms with Gasteiger partial charge in [-0.3, -0.25) is 14.5 Å². The van der Waals surface area contributed by atoms with Crippen molar-refractivity contribution in [3.05, 3.63) is 48.0 Å². The zero-order valence-electron chi connectivity index (χ0n) is 13.7. The fourth-order valence-corrected chi connectivity index (χ4v) is 3.01. The van der Waals surface area contributed by atoms with Crippen molar-refractivity contribution >= 4 is 11.8 Å². The van der Waals surface area contributed by atoms with Crippen LogP contribution in [-0.2, 0) is 4.79 Å². The Hall–Kier alpha value is -2.74. The largest absolute Gasteiger partial charge is 0.369 e. The molecule has 1 atom stereocenters. The summed E-state index contributed by atoms with van der Waals surface area (Å²) in [6.45, 7) is 1.55. The highest BCUT2D eigenvalue weighted by atomic mass is 19.1. The molecule has 1 aromatic heterocycles. The average molecular weight is 345 g/mol. The van der Waals surface area contributed by atoms with Crippen LogP contribution >= 0.6 is 0 Å². The molecule has 3 rings (SSSR count). The number of nitrogens with zero attached hydrogens (tertiary/aromatic N) is 3. The van der Waals surface area contributed by atoms with Crippen molar-refractivity contribution in [1.29, 1.82) is 0 Å². The van der Waals surface area contributed by atoms with Crippen LogP contribution < -0.4 is 11.1 Å². The van der Waals surface area contributed by atoms with Gasteiger partial charge in [0.25, 0.3) is 5.91 Å². The first kappa shape index (κ1) is 17.1. The van der Waals surface area contributed by atoms with Crippen molar-refractivity contribution in [3.63, 3.8) is 0 Å². The molecule has 3 N–H and O–H groups in total. The number of nitrogens with two attached hydrogens (primary N) is 1. The quantitative estimate of drug-likeness (QED) is 0.834. The Morgan fingerprint density at radius 1 is 1.32 bits per heavy atom. The van der Waals surface area contributed by atoms with E-state index in [9.17, 15) is 14.0 Å². The number of hydrogen-bond acceptors (Lipinski definition) is 4. The fraction of sp³-hybridized carbons (Fsp3) is 0.353. The fourth-order valence-electron chi connectivity index (χ4n) is 3.01. The van der Waals surface area contributed by atoms with Gasteiger partial charge in [0, 0.05) is 18.8 Å². The predicted molar refractivity (Wildman–Crippen MR) is 89.6 cm³/mol. The third kappa shape index (κ3) is 4.21. The molecule has 1 saturated heterocycles. The van der Waals surface area contributed by atoms with Gasteiger partial charge in [-0.05, 0) is 37.6 Å². The van der Waals surface area contributed by atoms with Gasteiger partial charge < -0.3 is 11.1 Å². The van der Waals surface area contributed by atoms with Crippen LogP contribution in [-0.4, -0.2) is 52.2 Å². The predicted octanol–water partition coefficient (Wildman–Crippen LogP) is 0.691. The van der Waals surface area contributed by atoms with Gasteiger partial charge in [0.1, 0.15) is 11.5 Å². The van der Waals surface area contributed by atoms with Gasteiger partial charge in [-0.1, -0.05) is 12.1 Å². The maximum atomic E-state index is 13.8. The number of para-hydroxylation sites is 1. The number of nitrogens with one attached hydrogen (secondary N) is 1. The van der Waals surface area contributed by atoms with Gasteiger partial charge in [-0.15, -0.1) is 0 Å². The number of carbonyl (C=O) groups excluding carboxylic acids is 2. The molecule has 25 heavy (non-hydrogen) atoms. The van der Waals surface area contributed by atoms with E-state index in [0.717, 1.165) is 19.4 Å². The molecule has 0 saturated carbocycles. The van der Waals surface area contributed by atoms with Gasteiger partial charge in [0.15, 0.2) is 5.69 Å². The molecule has 2 aromatic rings. The summed E-state index contributed by atoms with van der Waals surface area (Å²) in [5, 5.41) is 7.07. The molecule has 8 heteroatoms. The third-order valence-electron chi connectivity index (χ3n) is 4.14. The Balaban J connectivity index is 1.64. The topological polar surface area (TPSA) is 93.3 Å². The van der Waals surface area contributed by atoms with E-state index in [1.54, 1.807) is 30.5 Å². The van der Waals surface area contributed by atoms with E-state index in [4.69, 9.17) is 5.73 Å². The lowest BCUT2D eigenvalue weighted by molar-refractivity contribution is -0.119. The van der Waals surface area contributed by atoms with Crippen LogP contribution in [0.25, 0.3) is 5.69 Å². The van der Waals surface area contributed by atoms with Gasteiger partial charge in [0.05, 0.1) is 6.54 Å². The van der Waals surface area contributed by atoms with Crippen molar-refractivity contribution < 1.29 is 14.0 Å². The molecule has 0 bridgehead atoms. The first-order valence-corrected chi connectivity index (χ1v) is 8.15. The maximum Gasteiger partial charge on any atom is 0.272 e. The number of amides is 2. The minimum absolute atomic E-state index is 0.0702. The van der Waals surface area contributed by atoms with Crippen LogP contribution in [0.1, 0.15) is 23.3 Å². The van der Waals surface area contributed by atoms with Crippen molar-refractivity contribution in [2.24, 2.45) is 5.73 Å². The Bertz CT molecular complexity index is 776. The monoisotopic (exact) mass is 345 g/mol. The van der Waals surface area contributed by atoms with E-state index in [0.29, 0.717) is 6.54 Å². The minimum atomic E-state index is -0.410. The van der Waals surface area contributed by atoms with E-state index in [-0.39, 0.29) is 35.8 Å². The van der Waals surface area contributed by atoms with Crippen LogP contribution in [0.3, 0.4) is 0 Å². The lowest BCUT2D eigenvalue weighted by Crippen LogP contribution is -2.49. The number of aromatic nitrogens is 2. The van der Waals surface area contributed by atoms with E-state index in [2.05, 4.69) is 10.4 Å². The Morgan fingerprint density at radius 2 is 2.12 bits per heavy atom. The number of piperidine rings is 1. The summed E-state index contributed by atoms with van der Waals surface area (Å²) in [5.41, 5.74) is 5.72. The molecule has 7 nitrogen and oxygen atoms in total. The van der Waals surface area contributed by atoms with E-state index >= 15 is 0 Å². The first-order valence-electron chi connectivity index (χ1n) is 8.15. The van der Waals surface area contributed by atoms with Crippen LogP contribution in [0.5, 0.6) is 0 Å². The third-order valence-corrected chi connectivity index (χ3v) is 4.14. The molecule has 0 radical (unpaired) electrons. The number of likely N-dealkylation sites (tertiary alicyclic amines) is 1. The molecule has 2 heterocycles. The second-order valence-electron chi connectivity index (χ2n) is 6.11. The molecule has 132 valence electrons. The van der Waals surface area contributed by atoms with Crippen LogP contribution in [0.2, 0.25) is 0 Å². The van der Waals surface area contributed by atoms with E-state index in [1.807, 2.05) is 4.90 Å². The number of primary amides is 1. The summed E-state index contributed by atoms with van der Waals surface area (Å²) in [6.07, 6.45) is 3.25. The number of benzene rings is 1. The molecule has 2 amide bonds. The molecule has 1 aliphatic heterocycles. The van der Waals surface area contributed by atoms with Gasteiger partial charge in [-0.25, -0.2) is 9.07 Å². The highest BCUT2D eigenvalue weighted by Gasteiger charge is 2.23. The van der Waals surface area contributed by atoms with Crippen molar-refractivity contribution in [1.82, 2.24) is 20.0 Å². The number of hydrogen-bond donors (Lipinski definition) is 2. The molecule has 1 fully saturated rings. The summed E-state index contributed by atoms with van der Waals surface area (Å²) >= 11 is 0. The van der Waals surface area contributed by atoms with Crippen LogP contribution in [0.4, 0.5) is 4.39 Å². The van der Waals surface area contributed by atoms with Crippen molar-refractivity contribution in [2.45, 2.75) is 18.9 Å². The lowest BCUT2D eigenvalue weighted by Gasteiger charge is -2.32. The Morgan fingerprint density at radius 3 is 2.88 bits per heavy atom. The number of halogens is 1. The highest BCUT2D eigenvalue weighted by molar-refractivity contribution is 5.92. The van der Waals surface area contributed by atoms with Crippen LogP contribution in [0.15, 0.2) is 36.5 Å². The molecule has 1 aliphatic rings. The van der Waals surface area contributed by atoms with Crippen LogP contribution in [0, 0.1) is 5.82 Å². The zero-order chi connectivity index (χ0) is 17.8. The second-order valence-corrected chi connectivity index (χ2v) is 6.11. The molecular weight excluding hydrogens is 325 g/mol. The van der Waals surface area contributed by atoms with E-state index < -0.39 is 5.82 Å². The molecule has 1 aromatic carbocycles. The standard InChI is InChI=1S/C17H20FN5O2/c18-13-5-1-2-6-15(13)23-9-7-14(21-23)17(25)20-12-4-3-8-22(10-12)11-16(19)24/h1-2,5-7,9,12H,3-4,8,10-11H2,(H2,19,24)(H,20,25). The van der Waals surface area contributed by atoms with E-state index in [1.165, 1.54) is 10.7 Å². The molecule has 1 unspecified atom stereocenters. The average Bonchev–Trinajstić information content (AvgIpc) is 3.05. The Kier molecular flexibility index (Phi) is 5.08. The summed E-state index contributed by atoms with van der Waals surface area (Å²) in [5.74, 6) is -1.11. The normalized spacial score (nSPS) is 18.0. The number of rotatable bonds is 5. The molecular formula is C17H20FN5O2. The summed E-state index contributed by atoms with van der Waals surface area (Å²) < 4.78 is 15.1. The van der Waals surface area contributed by atoms with Crippen molar-refractivity contribution in [3.8, 4) is 5.69 Å². The SMILES string of the molecule is NC(=O)CN1CCCC(NC(=O)c2ccn(-c3ccccc3F)n2)C1. The highest BCUT2D eigenvalue weighted by Crippen LogP contribution is 2.13. The van der Waals surface area contributed by atoms with Gasteiger partial charge >= 0.3 is 0 Å².